The van der Waals surface area contributed by atoms with Crippen molar-refractivity contribution < 1.29 is 45.4 Å². The topological polar surface area (TPSA) is 52.6 Å². The third kappa shape index (κ3) is 4.21. The molecule has 2 rings (SSSR count). The molecule has 0 aliphatic rings. The Kier molecular flexibility index (Phi) is 5.48. The van der Waals surface area contributed by atoms with Gasteiger partial charge in [-0.1, -0.05) is 36.4 Å². The fourth-order valence-corrected chi connectivity index (χ4v) is 1.94. The lowest BCUT2D eigenvalue weighted by atomic mass is 10.2. The highest BCUT2D eigenvalue weighted by Crippen LogP contribution is 2.47. The van der Waals surface area contributed by atoms with Crippen LogP contribution < -0.4 is 0 Å². The van der Waals surface area contributed by atoms with Crippen LogP contribution in [-0.2, 0) is 9.47 Å². The molecule has 0 spiro atoms. The molecule has 144 valence electrons. The van der Waals surface area contributed by atoms with Crippen molar-refractivity contribution in [3.05, 3.63) is 71.8 Å². The fourth-order valence-electron chi connectivity index (χ4n) is 1.94. The Morgan fingerprint density at radius 3 is 1.15 bits per heavy atom. The van der Waals surface area contributed by atoms with Gasteiger partial charge in [-0.05, 0) is 24.3 Å². The van der Waals surface area contributed by atoms with Gasteiger partial charge in [0.2, 0.25) is 0 Å². The lowest BCUT2D eigenvalue weighted by Gasteiger charge is -2.35. The zero-order chi connectivity index (χ0) is 20.3. The number of rotatable bonds is 4. The molecule has 0 aliphatic carbocycles. The molecule has 0 bridgehead atoms. The fraction of sp³-hybridized carbons (Fsp3) is 0.176. The number of hydrogen-bond acceptors (Lipinski definition) is 4. The van der Waals surface area contributed by atoms with E-state index in [9.17, 15) is 35.9 Å². The van der Waals surface area contributed by atoms with Crippen LogP contribution in [0.25, 0.3) is 0 Å². The van der Waals surface area contributed by atoms with E-state index in [0.717, 1.165) is 24.3 Å². The number of ether oxygens (including phenoxy) is 2. The van der Waals surface area contributed by atoms with Crippen LogP contribution in [0.2, 0.25) is 0 Å². The average molecular weight is 392 g/mol. The third-order valence-corrected chi connectivity index (χ3v) is 3.24. The molecule has 4 nitrogen and oxygen atoms in total. The molecule has 10 heteroatoms. The van der Waals surface area contributed by atoms with Crippen molar-refractivity contribution in [2.75, 3.05) is 0 Å². The monoisotopic (exact) mass is 392 g/mol. The van der Waals surface area contributed by atoms with Crippen LogP contribution in [0.3, 0.4) is 0 Å². The van der Waals surface area contributed by atoms with Crippen molar-refractivity contribution in [3.63, 3.8) is 0 Å². The molecule has 2 aromatic carbocycles. The molecule has 0 unspecified atom stereocenters. The van der Waals surface area contributed by atoms with Crippen molar-refractivity contribution in [1.29, 1.82) is 0 Å². The first-order valence-corrected chi connectivity index (χ1v) is 7.18. The Hall–Kier alpha value is -3.04. The van der Waals surface area contributed by atoms with Crippen molar-refractivity contribution >= 4 is 11.9 Å². The largest absolute Gasteiger partial charge is 0.478 e. The smallest absolute Gasteiger partial charge is 0.403 e. The molecule has 0 aliphatic heterocycles. The summed E-state index contributed by atoms with van der Waals surface area (Å²) in [6.45, 7) is 0. The van der Waals surface area contributed by atoms with Gasteiger partial charge >= 0.3 is 30.1 Å². The lowest BCUT2D eigenvalue weighted by Crippen LogP contribution is -2.62. The van der Waals surface area contributed by atoms with Gasteiger partial charge in [-0.2, -0.15) is 26.3 Å². The van der Waals surface area contributed by atoms with E-state index in [-0.39, 0.29) is 0 Å². The van der Waals surface area contributed by atoms with E-state index in [1.807, 2.05) is 0 Å². The zero-order valence-electron chi connectivity index (χ0n) is 13.2. The Labute approximate surface area is 148 Å². The van der Waals surface area contributed by atoms with Crippen LogP contribution >= 0.6 is 0 Å². The number of halogens is 6. The van der Waals surface area contributed by atoms with Crippen LogP contribution in [0.5, 0.6) is 0 Å². The summed E-state index contributed by atoms with van der Waals surface area (Å²) >= 11 is 0. The molecule has 27 heavy (non-hydrogen) atoms. The average Bonchev–Trinajstić information content (AvgIpc) is 2.60. The van der Waals surface area contributed by atoms with Gasteiger partial charge in [0.1, 0.15) is 0 Å². The standard InChI is InChI=1S/C17H10F6O4/c18-16(19,20)15(17(21,22)23,26-13(24)11-7-3-1-4-8-11)27-14(25)12-9-5-2-6-10-12/h1-10H. The molecular weight excluding hydrogens is 382 g/mol. The van der Waals surface area contributed by atoms with Gasteiger partial charge < -0.3 is 9.47 Å². The predicted molar refractivity (Wildman–Crippen MR) is 78.6 cm³/mol. The highest BCUT2D eigenvalue weighted by atomic mass is 19.4. The molecule has 0 amide bonds. The summed E-state index contributed by atoms with van der Waals surface area (Å²) in [6, 6.07) is 11.4. The molecule has 0 radical (unpaired) electrons. The first-order valence-electron chi connectivity index (χ1n) is 7.18. The summed E-state index contributed by atoms with van der Waals surface area (Å²) in [5, 5.41) is 0. The second kappa shape index (κ2) is 7.29. The van der Waals surface area contributed by atoms with E-state index in [0.29, 0.717) is 0 Å². The number of esters is 2. The highest BCUT2D eigenvalue weighted by molar-refractivity contribution is 5.91. The normalized spacial score (nSPS) is 12.4. The van der Waals surface area contributed by atoms with Gasteiger partial charge in [0.15, 0.2) is 0 Å². The molecule has 0 fully saturated rings. The minimum absolute atomic E-state index is 0.592. The summed E-state index contributed by atoms with van der Waals surface area (Å²) in [4.78, 5) is 23.7. The maximum atomic E-state index is 13.3. The number of benzene rings is 2. The molecule has 0 N–H and O–H groups in total. The van der Waals surface area contributed by atoms with Crippen molar-refractivity contribution in [2.45, 2.75) is 18.1 Å². The quantitative estimate of drug-likeness (QED) is 0.436. The summed E-state index contributed by atoms with van der Waals surface area (Å²) in [6.07, 6.45) is -12.6. The van der Waals surface area contributed by atoms with Gasteiger partial charge in [-0.15, -0.1) is 0 Å². The van der Waals surface area contributed by atoms with Crippen LogP contribution in [-0.4, -0.2) is 30.1 Å². The molecule has 0 heterocycles. The second-order valence-corrected chi connectivity index (χ2v) is 5.12. The highest BCUT2D eigenvalue weighted by Gasteiger charge is 2.78. The zero-order valence-corrected chi connectivity index (χ0v) is 13.2. The summed E-state index contributed by atoms with van der Waals surface area (Å²) in [7, 11) is 0. The number of carbonyl (C=O) groups is 2. The Bertz CT molecular complexity index is 730. The Morgan fingerprint density at radius 2 is 0.889 bits per heavy atom. The van der Waals surface area contributed by atoms with Crippen LogP contribution in [0.4, 0.5) is 26.3 Å². The van der Waals surface area contributed by atoms with Gasteiger partial charge in [0.25, 0.3) is 0 Å². The SMILES string of the molecule is O=C(OC(OC(=O)c1ccccc1)(C(F)(F)F)C(F)(F)F)c1ccccc1. The van der Waals surface area contributed by atoms with E-state index in [1.165, 1.54) is 36.4 Å². The van der Waals surface area contributed by atoms with E-state index >= 15 is 0 Å². The van der Waals surface area contributed by atoms with Crippen molar-refractivity contribution in [2.24, 2.45) is 0 Å². The number of carbonyl (C=O) groups excluding carboxylic acids is 2. The maximum Gasteiger partial charge on any atom is 0.478 e. The number of hydrogen-bond donors (Lipinski definition) is 0. The summed E-state index contributed by atoms with van der Waals surface area (Å²) in [5.41, 5.74) is -1.18. The predicted octanol–water partition coefficient (Wildman–Crippen LogP) is 4.52. The van der Waals surface area contributed by atoms with E-state index in [1.54, 1.807) is 0 Å². The molecule has 2 aromatic rings. The van der Waals surface area contributed by atoms with Crippen LogP contribution in [0.1, 0.15) is 20.7 Å². The van der Waals surface area contributed by atoms with Gasteiger partial charge in [-0.3, -0.25) is 0 Å². The maximum absolute atomic E-state index is 13.3. The first kappa shape index (κ1) is 20.3. The summed E-state index contributed by atoms with van der Waals surface area (Å²) < 4.78 is 87.5. The van der Waals surface area contributed by atoms with Crippen LogP contribution in [0.15, 0.2) is 60.7 Å². The molecule has 0 atom stereocenters. The van der Waals surface area contributed by atoms with E-state index in [2.05, 4.69) is 9.47 Å². The summed E-state index contributed by atoms with van der Waals surface area (Å²) in [5.74, 6) is -9.41. The second-order valence-electron chi connectivity index (χ2n) is 5.12. The Balaban J connectivity index is 2.47. The van der Waals surface area contributed by atoms with Crippen LogP contribution in [0, 0.1) is 0 Å². The lowest BCUT2D eigenvalue weighted by molar-refractivity contribution is -0.437. The van der Waals surface area contributed by atoms with Crippen molar-refractivity contribution in [3.8, 4) is 0 Å². The Morgan fingerprint density at radius 1 is 0.593 bits per heavy atom. The molecular formula is C17H10F6O4. The number of alkyl halides is 6. The minimum Gasteiger partial charge on any atom is -0.403 e. The van der Waals surface area contributed by atoms with E-state index in [4.69, 9.17) is 0 Å². The minimum atomic E-state index is -6.29. The van der Waals surface area contributed by atoms with Gasteiger partial charge in [0.05, 0.1) is 11.1 Å². The third-order valence-electron chi connectivity index (χ3n) is 3.24. The molecule has 0 saturated heterocycles. The molecule has 0 aromatic heterocycles. The molecule has 0 saturated carbocycles. The first-order chi connectivity index (χ1) is 12.5. The van der Waals surface area contributed by atoms with E-state index < -0.39 is 41.2 Å². The van der Waals surface area contributed by atoms with Gasteiger partial charge in [-0.25, -0.2) is 9.59 Å². The van der Waals surface area contributed by atoms with Gasteiger partial charge in [0, 0.05) is 0 Å². The van der Waals surface area contributed by atoms with Crippen molar-refractivity contribution in [1.82, 2.24) is 0 Å².